The van der Waals surface area contributed by atoms with E-state index in [0.29, 0.717) is 5.56 Å². The highest BCUT2D eigenvalue weighted by Crippen LogP contribution is 2.21. The van der Waals surface area contributed by atoms with Gasteiger partial charge in [-0.3, -0.25) is 4.79 Å². The van der Waals surface area contributed by atoms with Crippen LogP contribution in [0.15, 0.2) is 83.2 Å². The number of rotatable bonds is 8. The summed E-state index contributed by atoms with van der Waals surface area (Å²) in [7, 11) is -7.93. The van der Waals surface area contributed by atoms with Crippen LogP contribution in [0.3, 0.4) is 0 Å². The Morgan fingerprint density at radius 1 is 0.946 bits per heavy atom. The van der Waals surface area contributed by atoms with E-state index in [0.717, 1.165) is 11.8 Å². The lowest BCUT2D eigenvalue weighted by atomic mass is 10.2. The van der Waals surface area contributed by atoms with E-state index in [1.807, 2.05) is 13.0 Å². The minimum Gasteiger partial charge on any atom is -0.321 e. The van der Waals surface area contributed by atoms with Crippen LogP contribution < -0.4 is 10.0 Å². The Kier molecular flexibility index (Phi) is 7.47. The first-order valence-corrected chi connectivity index (χ1v) is 14.1. The van der Waals surface area contributed by atoms with Crippen LogP contribution in [-0.4, -0.2) is 42.7 Å². The van der Waals surface area contributed by atoms with Crippen molar-refractivity contribution in [2.24, 2.45) is 0 Å². The van der Waals surface area contributed by atoms with Crippen molar-refractivity contribution in [1.29, 1.82) is 0 Å². The van der Waals surface area contributed by atoms with Crippen molar-refractivity contribution < 1.29 is 21.6 Å². The quantitative estimate of drug-likeness (QED) is 0.309. The lowest BCUT2D eigenvalue weighted by Crippen LogP contribution is -2.18. The van der Waals surface area contributed by atoms with E-state index in [-0.39, 0.29) is 33.0 Å². The summed E-state index contributed by atoms with van der Waals surface area (Å²) in [5.74, 6) is -1.24. The third-order valence-electron chi connectivity index (χ3n) is 4.87. The first-order valence-electron chi connectivity index (χ1n) is 10.6. The predicted molar refractivity (Wildman–Crippen MR) is 136 cm³/mol. The van der Waals surface area contributed by atoms with E-state index in [9.17, 15) is 21.6 Å². The average Bonchev–Trinajstić information content (AvgIpc) is 2.84. The van der Waals surface area contributed by atoms with Crippen LogP contribution in [-0.2, 0) is 25.6 Å². The highest BCUT2D eigenvalue weighted by molar-refractivity contribution is 7.92. The number of nitrogens with zero attached hydrogens (tertiary/aromatic N) is 4. The van der Waals surface area contributed by atoms with Gasteiger partial charge in [-0.15, -0.1) is 0 Å². The number of sulfone groups is 1. The average molecular weight is 559 g/mol. The third-order valence-corrected chi connectivity index (χ3v) is 7.96. The number of aromatic nitrogens is 4. The van der Waals surface area contributed by atoms with Crippen molar-refractivity contribution in [2.45, 2.75) is 22.7 Å². The summed E-state index contributed by atoms with van der Waals surface area (Å²) < 4.78 is 53.0. The monoisotopic (exact) mass is 558 g/mol. The van der Waals surface area contributed by atoms with Gasteiger partial charge in [-0.25, -0.2) is 41.5 Å². The number of benzene rings is 2. The summed E-state index contributed by atoms with van der Waals surface area (Å²) >= 11 is 6.07. The van der Waals surface area contributed by atoms with Crippen LogP contribution in [0, 0.1) is 6.92 Å². The summed E-state index contributed by atoms with van der Waals surface area (Å²) in [6.07, 6.45) is 3.82. The lowest BCUT2D eigenvalue weighted by molar-refractivity contribution is 0.102. The fraction of sp³-hybridized carbons (Fsp3) is 0.0870. The van der Waals surface area contributed by atoms with Gasteiger partial charge in [0, 0.05) is 18.1 Å². The summed E-state index contributed by atoms with van der Waals surface area (Å²) in [6, 6.07) is 13.7. The molecule has 190 valence electrons. The number of aryl methyl sites for hydroxylation is 1. The Morgan fingerprint density at radius 2 is 1.65 bits per heavy atom. The molecule has 0 aliphatic carbocycles. The second-order valence-electron chi connectivity index (χ2n) is 7.75. The number of nitrogens with one attached hydrogen (secondary N) is 2. The number of hydrogen-bond donors (Lipinski definition) is 2. The molecule has 11 nitrogen and oxygen atoms in total. The number of anilines is 2. The zero-order valence-electron chi connectivity index (χ0n) is 19.2. The zero-order chi connectivity index (χ0) is 26.6. The molecule has 0 radical (unpaired) electrons. The van der Waals surface area contributed by atoms with Crippen molar-refractivity contribution in [2.75, 3.05) is 10.0 Å². The van der Waals surface area contributed by atoms with Crippen molar-refractivity contribution in [3.63, 3.8) is 0 Å². The molecule has 2 aromatic heterocycles. The maximum atomic E-state index is 12.8. The number of carbonyl (C=O) groups is 1. The molecular formula is C23H19ClN6O5S2. The van der Waals surface area contributed by atoms with Gasteiger partial charge in [-0.1, -0.05) is 41.4 Å². The minimum atomic E-state index is -3.97. The van der Waals surface area contributed by atoms with Crippen LogP contribution in [0.2, 0.25) is 5.02 Å². The van der Waals surface area contributed by atoms with Gasteiger partial charge in [-0.2, -0.15) is 0 Å². The van der Waals surface area contributed by atoms with Crippen LogP contribution in [0.5, 0.6) is 0 Å². The van der Waals surface area contributed by atoms with Gasteiger partial charge >= 0.3 is 0 Å². The molecular weight excluding hydrogens is 540 g/mol. The van der Waals surface area contributed by atoms with E-state index in [2.05, 4.69) is 30.0 Å². The molecule has 0 fully saturated rings. The van der Waals surface area contributed by atoms with E-state index in [1.165, 1.54) is 36.7 Å². The smallest absolute Gasteiger partial charge is 0.275 e. The predicted octanol–water partition coefficient (Wildman–Crippen LogP) is 3.26. The Hall–Kier alpha value is -3.94. The Morgan fingerprint density at radius 3 is 2.32 bits per heavy atom. The number of sulfonamides is 1. The van der Waals surface area contributed by atoms with E-state index < -0.39 is 30.9 Å². The van der Waals surface area contributed by atoms with E-state index >= 15 is 0 Å². The normalized spacial score (nSPS) is 11.6. The number of amides is 1. The van der Waals surface area contributed by atoms with Crippen LogP contribution in [0.4, 0.5) is 11.6 Å². The zero-order valence-corrected chi connectivity index (χ0v) is 21.5. The fourth-order valence-electron chi connectivity index (χ4n) is 3.18. The number of halogens is 1. The fourth-order valence-corrected chi connectivity index (χ4v) is 5.51. The molecule has 0 unspecified atom stereocenters. The van der Waals surface area contributed by atoms with Gasteiger partial charge in [0.05, 0.1) is 21.9 Å². The maximum absolute atomic E-state index is 12.8. The highest BCUT2D eigenvalue weighted by atomic mass is 35.5. The second-order valence-corrected chi connectivity index (χ2v) is 11.7. The third kappa shape index (κ3) is 6.44. The van der Waals surface area contributed by atoms with Gasteiger partial charge in [0.1, 0.15) is 0 Å². The topological polar surface area (TPSA) is 161 Å². The number of hydrogen-bond acceptors (Lipinski definition) is 9. The number of carbonyl (C=O) groups excluding carboxylic acids is 1. The Balaban J connectivity index is 1.51. The molecule has 0 saturated carbocycles. The van der Waals surface area contributed by atoms with E-state index in [1.54, 1.807) is 24.3 Å². The summed E-state index contributed by atoms with van der Waals surface area (Å²) in [6.45, 7) is 1.84. The molecule has 2 heterocycles. The Bertz CT molecular complexity index is 1670. The maximum Gasteiger partial charge on any atom is 0.275 e. The summed E-state index contributed by atoms with van der Waals surface area (Å²) in [5, 5.41) is 1.82. The molecule has 1 amide bonds. The molecule has 37 heavy (non-hydrogen) atoms. The standard InChI is InChI=1S/C23H19ClN6O5S2/c1-15-4-2-5-16(12-15)14-36(32,33)23-27-13-19(24)20(29-23)21(31)28-17-6-8-18(9-7-17)37(34,35)30-22-25-10-3-11-26-22/h2-13H,14H2,1H3,(H,28,31)(H,25,26,30). The molecule has 0 bridgehead atoms. The summed E-state index contributed by atoms with van der Waals surface area (Å²) in [4.78, 5) is 28.0. The van der Waals surface area contributed by atoms with Crippen molar-refractivity contribution >= 4 is 49.0 Å². The molecule has 4 rings (SSSR count). The van der Waals surface area contributed by atoms with Crippen LogP contribution >= 0.6 is 11.6 Å². The van der Waals surface area contributed by atoms with Gasteiger partial charge in [0.25, 0.3) is 15.9 Å². The molecule has 4 aromatic rings. The minimum absolute atomic E-state index is 0.0913. The second kappa shape index (κ2) is 10.6. The van der Waals surface area contributed by atoms with Crippen LogP contribution in [0.1, 0.15) is 21.6 Å². The Labute approximate surface area is 218 Å². The molecule has 14 heteroatoms. The van der Waals surface area contributed by atoms with Crippen molar-refractivity contribution in [1.82, 2.24) is 19.9 Å². The lowest BCUT2D eigenvalue weighted by Gasteiger charge is -2.10. The molecule has 2 N–H and O–H groups in total. The molecule has 0 aliphatic heterocycles. The summed E-state index contributed by atoms with van der Waals surface area (Å²) in [5.41, 5.74) is 1.32. The van der Waals surface area contributed by atoms with Gasteiger partial charge < -0.3 is 5.32 Å². The van der Waals surface area contributed by atoms with Crippen molar-refractivity contribution in [3.8, 4) is 0 Å². The molecule has 0 spiro atoms. The first-order chi connectivity index (χ1) is 17.5. The van der Waals surface area contributed by atoms with Crippen LogP contribution in [0.25, 0.3) is 0 Å². The molecule has 0 saturated heterocycles. The van der Waals surface area contributed by atoms with E-state index in [4.69, 9.17) is 11.6 Å². The molecule has 0 atom stereocenters. The van der Waals surface area contributed by atoms with Gasteiger partial charge in [0.15, 0.2) is 5.69 Å². The van der Waals surface area contributed by atoms with Crippen molar-refractivity contribution in [3.05, 3.63) is 95.0 Å². The SMILES string of the molecule is Cc1cccc(CS(=O)(=O)c2ncc(Cl)c(C(=O)Nc3ccc(S(=O)(=O)Nc4ncccn4)cc3)n2)c1. The molecule has 0 aliphatic rings. The first kappa shape index (κ1) is 26.1. The van der Waals surface area contributed by atoms with Gasteiger partial charge in [0.2, 0.25) is 20.9 Å². The highest BCUT2D eigenvalue weighted by Gasteiger charge is 2.23. The van der Waals surface area contributed by atoms with Gasteiger partial charge in [-0.05, 0) is 42.8 Å². The largest absolute Gasteiger partial charge is 0.321 e. The molecule has 2 aromatic carbocycles.